The third-order valence-electron chi connectivity index (χ3n) is 6.03. The zero-order valence-electron chi connectivity index (χ0n) is 18.4. The number of amides is 1. The molecule has 0 aliphatic carbocycles. The van der Waals surface area contributed by atoms with E-state index < -0.39 is 0 Å². The molecular formula is C26H27N5O2. The fourth-order valence-corrected chi connectivity index (χ4v) is 4.14. The van der Waals surface area contributed by atoms with Gasteiger partial charge >= 0.3 is 0 Å². The van der Waals surface area contributed by atoms with Crippen LogP contribution in [0.5, 0.6) is 5.75 Å². The Balaban J connectivity index is 1.23. The molecule has 2 aromatic heterocycles. The van der Waals surface area contributed by atoms with Gasteiger partial charge in [0.2, 0.25) is 0 Å². The van der Waals surface area contributed by atoms with E-state index >= 15 is 0 Å². The molecule has 1 aliphatic heterocycles. The Hall–Kier alpha value is -3.71. The molecule has 1 saturated heterocycles. The van der Waals surface area contributed by atoms with Crippen LogP contribution < -0.4 is 15.4 Å². The number of carbonyl (C=O) groups is 1. The molecular weight excluding hydrogens is 414 g/mol. The standard InChI is InChI=1S/C26H27N5O2/c32-26(29-16-25-30-22-3-1-2-4-23(22)31-25)20-7-5-19(6-8-20)21-15-28-14-11-24(21)33-17-18-9-12-27-13-10-18/h1-8,11,14-15,18,27H,9-10,12-13,16-17H2,(H,29,32)(H,30,31). The molecule has 2 aromatic carbocycles. The summed E-state index contributed by atoms with van der Waals surface area (Å²) in [6.45, 7) is 3.15. The Morgan fingerprint density at radius 3 is 2.70 bits per heavy atom. The summed E-state index contributed by atoms with van der Waals surface area (Å²) in [5.41, 5.74) is 4.34. The minimum absolute atomic E-state index is 0.143. The summed E-state index contributed by atoms with van der Waals surface area (Å²) in [4.78, 5) is 24.6. The Bertz CT molecular complexity index is 1200. The highest BCUT2D eigenvalue weighted by molar-refractivity contribution is 5.94. The van der Waals surface area contributed by atoms with E-state index in [2.05, 4.69) is 25.6 Å². The highest BCUT2D eigenvalue weighted by Gasteiger charge is 2.15. The van der Waals surface area contributed by atoms with E-state index in [0.29, 0.717) is 24.6 Å². The number of carbonyl (C=O) groups excluding carboxylic acids is 1. The van der Waals surface area contributed by atoms with Crippen LogP contribution in [0.2, 0.25) is 0 Å². The number of hydrogen-bond acceptors (Lipinski definition) is 5. The average Bonchev–Trinajstić information content (AvgIpc) is 3.30. The SMILES string of the molecule is O=C(NCc1nc2ccccc2[nH]1)c1ccc(-c2cnccc2OCC2CCNCC2)cc1. The van der Waals surface area contributed by atoms with Crippen LogP contribution >= 0.6 is 0 Å². The van der Waals surface area contributed by atoms with Gasteiger partial charge in [-0.2, -0.15) is 0 Å². The number of piperidine rings is 1. The van der Waals surface area contributed by atoms with Crippen molar-refractivity contribution >= 4 is 16.9 Å². The second kappa shape index (κ2) is 9.83. The van der Waals surface area contributed by atoms with E-state index in [1.54, 1.807) is 6.20 Å². The van der Waals surface area contributed by atoms with Crippen LogP contribution in [0.4, 0.5) is 0 Å². The van der Waals surface area contributed by atoms with Gasteiger partial charge in [-0.05, 0) is 67.7 Å². The van der Waals surface area contributed by atoms with Gasteiger partial charge in [0, 0.05) is 23.5 Å². The number of aromatic nitrogens is 3. The summed E-state index contributed by atoms with van der Waals surface area (Å²) < 4.78 is 6.16. The number of benzene rings is 2. The third kappa shape index (κ3) is 5.04. The van der Waals surface area contributed by atoms with Gasteiger partial charge in [0.1, 0.15) is 11.6 Å². The lowest BCUT2D eigenvalue weighted by atomic mass is 9.99. The molecule has 0 unspecified atom stereocenters. The molecule has 7 nitrogen and oxygen atoms in total. The molecule has 1 fully saturated rings. The van der Waals surface area contributed by atoms with Crippen molar-refractivity contribution in [3.05, 3.63) is 78.4 Å². The van der Waals surface area contributed by atoms with Crippen LogP contribution in [0.15, 0.2) is 67.0 Å². The van der Waals surface area contributed by atoms with Gasteiger partial charge in [0.25, 0.3) is 5.91 Å². The number of pyridine rings is 1. The number of nitrogens with zero attached hydrogens (tertiary/aromatic N) is 2. The van der Waals surface area contributed by atoms with Gasteiger partial charge in [-0.25, -0.2) is 4.98 Å². The van der Waals surface area contributed by atoms with Crippen molar-refractivity contribution in [2.75, 3.05) is 19.7 Å². The van der Waals surface area contributed by atoms with Crippen LogP contribution in [0.3, 0.4) is 0 Å². The number of hydrogen-bond donors (Lipinski definition) is 3. The van der Waals surface area contributed by atoms with E-state index in [0.717, 1.165) is 59.7 Å². The van der Waals surface area contributed by atoms with Crippen molar-refractivity contribution in [3.8, 4) is 16.9 Å². The topological polar surface area (TPSA) is 91.9 Å². The molecule has 4 aromatic rings. The second-order valence-corrected chi connectivity index (χ2v) is 8.34. The van der Waals surface area contributed by atoms with Crippen LogP contribution in [-0.4, -0.2) is 40.6 Å². The molecule has 1 aliphatic rings. The molecule has 5 rings (SSSR count). The largest absolute Gasteiger partial charge is 0.493 e. The van der Waals surface area contributed by atoms with Gasteiger partial charge in [-0.3, -0.25) is 9.78 Å². The Morgan fingerprint density at radius 1 is 1.06 bits per heavy atom. The quantitative estimate of drug-likeness (QED) is 0.404. The van der Waals surface area contributed by atoms with Crippen molar-refractivity contribution in [2.24, 2.45) is 5.92 Å². The monoisotopic (exact) mass is 441 g/mol. The number of aromatic amines is 1. The second-order valence-electron chi connectivity index (χ2n) is 8.34. The molecule has 0 bridgehead atoms. The van der Waals surface area contributed by atoms with Gasteiger partial charge in [-0.1, -0.05) is 24.3 Å². The highest BCUT2D eigenvalue weighted by Crippen LogP contribution is 2.30. The number of ether oxygens (including phenoxy) is 1. The summed E-state index contributed by atoms with van der Waals surface area (Å²) in [7, 11) is 0. The minimum atomic E-state index is -0.143. The zero-order valence-corrected chi connectivity index (χ0v) is 18.4. The van der Waals surface area contributed by atoms with E-state index in [1.165, 1.54) is 0 Å². The summed E-state index contributed by atoms with van der Waals surface area (Å²) >= 11 is 0. The van der Waals surface area contributed by atoms with E-state index in [-0.39, 0.29) is 5.91 Å². The molecule has 33 heavy (non-hydrogen) atoms. The average molecular weight is 442 g/mol. The normalized spacial score (nSPS) is 14.3. The van der Waals surface area contributed by atoms with Crippen LogP contribution in [0.1, 0.15) is 29.0 Å². The van der Waals surface area contributed by atoms with Crippen molar-refractivity contribution in [1.29, 1.82) is 0 Å². The number of imidazole rings is 1. The van der Waals surface area contributed by atoms with Gasteiger partial charge in [0.15, 0.2) is 0 Å². The lowest BCUT2D eigenvalue weighted by molar-refractivity contribution is 0.0950. The fraction of sp³-hybridized carbons (Fsp3) is 0.269. The molecule has 3 heterocycles. The maximum Gasteiger partial charge on any atom is 0.251 e. The molecule has 168 valence electrons. The number of H-pyrrole nitrogens is 1. The molecule has 1 amide bonds. The number of rotatable bonds is 7. The lowest BCUT2D eigenvalue weighted by Crippen LogP contribution is -2.30. The molecule has 3 N–H and O–H groups in total. The number of fused-ring (bicyclic) bond motifs is 1. The molecule has 0 saturated carbocycles. The predicted molar refractivity (Wildman–Crippen MR) is 128 cm³/mol. The summed E-state index contributed by atoms with van der Waals surface area (Å²) in [6.07, 6.45) is 5.84. The molecule has 0 spiro atoms. The highest BCUT2D eigenvalue weighted by atomic mass is 16.5. The first-order chi connectivity index (χ1) is 16.3. The van der Waals surface area contributed by atoms with Crippen molar-refractivity contribution in [2.45, 2.75) is 19.4 Å². The number of para-hydroxylation sites is 2. The first kappa shape index (κ1) is 21.2. The third-order valence-corrected chi connectivity index (χ3v) is 6.03. The maximum atomic E-state index is 12.6. The minimum Gasteiger partial charge on any atom is -0.493 e. The number of nitrogens with one attached hydrogen (secondary N) is 3. The fourth-order valence-electron chi connectivity index (χ4n) is 4.14. The summed E-state index contributed by atoms with van der Waals surface area (Å²) in [5.74, 6) is 1.98. The Labute approximate surface area is 192 Å². The van der Waals surface area contributed by atoms with Gasteiger partial charge in [0.05, 0.1) is 24.2 Å². The van der Waals surface area contributed by atoms with E-state index in [4.69, 9.17) is 4.74 Å². The first-order valence-corrected chi connectivity index (χ1v) is 11.4. The van der Waals surface area contributed by atoms with E-state index in [9.17, 15) is 4.79 Å². The van der Waals surface area contributed by atoms with Crippen LogP contribution in [0, 0.1) is 5.92 Å². The Kier molecular flexibility index (Phi) is 6.30. The van der Waals surface area contributed by atoms with Crippen molar-refractivity contribution in [1.82, 2.24) is 25.6 Å². The predicted octanol–water partition coefficient (Wildman–Crippen LogP) is 3.93. The van der Waals surface area contributed by atoms with Gasteiger partial charge < -0.3 is 20.4 Å². The Morgan fingerprint density at radius 2 is 1.88 bits per heavy atom. The van der Waals surface area contributed by atoms with Gasteiger partial charge in [-0.15, -0.1) is 0 Å². The molecule has 7 heteroatoms. The van der Waals surface area contributed by atoms with E-state index in [1.807, 2.05) is 60.8 Å². The summed E-state index contributed by atoms with van der Waals surface area (Å²) in [5, 5.41) is 6.31. The maximum absolute atomic E-state index is 12.6. The molecule has 0 atom stereocenters. The van der Waals surface area contributed by atoms with Crippen molar-refractivity contribution in [3.63, 3.8) is 0 Å². The van der Waals surface area contributed by atoms with Crippen LogP contribution in [0.25, 0.3) is 22.2 Å². The molecule has 0 radical (unpaired) electrons. The smallest absolute Gasteiger partial charge is 0.251 e. The summed E-state index contributed by atoms with van der Waals surface area (Å²) in [6, 6.07) is 17.2. The zero-order chi connectivity index (χ0) is 22.5. The van der Waals surface area contributed by atoms with Crippen LogP contribution in [-0.2, 0) is 6.54 Å². The lowest BCUT2D eigenvalue weighted by Gasteiger charge is -2.23. The first-order valence-electron chi connectivity index (χ1n) is 11.4. The van der Waals surface area contributed by atoms with Crippen molar-refractivity contribution < 1.29 is 9.53 Å².